The maximum absolute atomic E-state index is 12.2. The first-order valence-electron chi connectivity index (χ1n) is 6.18. The van der Waals surface area contributed by atoms with E-state index in [0.717, 1.165) is 6.07 Å². The lowest BCUT2D eigenvalue weighted by molar-refractivity contribution is -0.384. The van der Waals surface area contributed by atoms with E-state index in [0.29, 0.717) is 0 Å². The second-order valence-corrected chi connectivity index (χ2v) is 4.28. The van der Waals surface area contributed by atoms with E-state index in [1.165, 1.54) is 30.3 Å². The molecule has 0 unspecified atom stereocenters. The van der Waals surface area contributed by atoms with Crippen molar-refractivity contribution in [2.45, 2.75) is 0 Å². The van der Waals surface area contributed by atoms with Crippen molar-refractivity contribution in [2.75, 3.05) is 5.32 Å². The molecule has 0 aliphatic rings. The summed E-state index contributed by atoms with van der Waals surface area (Å²) >= 11 is 0. The van der Waals surface area contributed by atoms with Crippen LogP contribution in [0.15, 0.2) is 48.5 Å². The first kappa shape index (κ1) is 15.1. The standard InChI is InChI=1S/C14H12N4O4/c15-17-14(20)11-6-1-2-7-12(11)16-13(19)9-4-3-5-10(8-9)18(21)22/h1-8H,15H2,(H,16,19)(H,17,20). The van der Waals surface area contributed by atoms with Gasteiger partial charge in [-0.3, -0.25) is 25.1 Å². The van der Waals surface area contributed by atoms with Gasteiger partial charge in [-0.25, -0.2) is 5.84 Å². The van der Waals surface area contributed by atoms with Gasteiger partial charge in [0.25, 0.3) is 17.5 Å². The van der Waals surface area contributed by atoms with Gasteiger partial charge in [0.15, 0.2) is 0 Å². The molecular weight excluding hydrogens is 288 g/mol. The second-order valence-electron chi connectivity index (χ2n) is 4.28. The first-order chi connectivity index (χ1) is 10.5. The molecule has 0 saturated heterocycles. The summed E-state index contributed by atoms with van der Waals surface area (Å²) in [6.07, 6.45) is 0. The van der Waals surface area contributed by atoms with E-state index < -0.39 is 16.7 Å². The van der Waals surface area contributed by atoms with Gasteiger partial charge in [0.1, 0.15) is 0 Å². The smallest absolute Gasteiger partial charge is 0.270 e. The molecule has 2 aromatic rings. The van der Waals surface area contributed by atoms with Gasteiger partial charge < -0.3 is 5.32 Å². The first-order valence-corrected chi connectivity index (χ1v) is 6.18. The van der Waals surface area contributed by atoms with E-state index in [1.54, 1.807) is 12.1 Å². The summed E-state index contributed by atoms with van der Waals surface area (Å²) in [7, 11) is 0. The highest BCUT2D eigenvalue weighted by atomic mass is 16.6. The number of nitrogens with one attached hydrogen (secondary N) is 2. The van der Waals surface area contributed by atoms with Crippen LogP contribution in [0.25, 0.3) is 0 Å². The number of non-ortho nitro benzene ring substituents is 1. The lowest BCUT2D eigenvalue weighted by atomic mass is 10.1. The van der Waals surface area contributed by atoms with Crippen molar-refractivity contribution in [2.24, 2.45) is 5.84 Å². The number of nitro groups is 1. The van der Waals surface area contributed by atoms with Gasteiger partial charge in [-0.2, -0.15) is 0 Å². The largest absolute Gasteiger partial charge is 0.321 e. The average molecular weight is 300 g/mol. The molecule has 0 atom stereocenters. The number of carbonyl (C=O) groups excluding carboxylic acids is 2. The fourth-order valence-electron chi connectivity index (χ4n) is 1.82. The van der Waals surface area contributed by atoms with E-state index >= 15 is 0 Å². The minimum absolute atomic E-state index is 0.108. The number of nitrogens with two attached hydrogens (primary N) is 1. The number of amides is 2. The predicted molar refractivity (Wildman–Crippen MR) is 79.1 cm³/mol. The van der Waals surface area contributed by atoms with Crippen LogP contribution < -0.4 is 16.6 Å². The maximum atomic E-state index is 12.2. The number of hydrogen-bond acceptors (Lipinski definition) is 5. The predicted octanol–water partition coefficient (Wildman–Crippen LogP) is 1.45. The average Bonchev–Trinajstić information content (AvgIpc) is 2.54. The molecule has 0 bridgehead atoms. The number of hydrazine groups is 1. The Balaban J connectivity index is 2.28. The maximum Gasteiger partial charge on any atom is 0.270 e. The van der Waals surface area contributed by atoms with Crippen molar-refractivity contribution in [1.82, 2.24) is 5.43 Å². The summed E-state index contributed by atoms with van der Waals surface area (Å²) in [6.45, 7) is 0. The summed E-state index contributed by atoms with van der Waals surface area (Å²) in [5, 5.41) is 13.3. The molecule has 0 aliphatic carbocycles. The number of nitro benzene ring substituents is 1. The van der Waals surface area contributed by atoms with E-state index in [-0.39, 0.29) is 22.5 Å². The molecule has 8 nitrogen and oxygen atoms in total. The Bertz CT molecular complexity index is 745. The van der Waals surface area contributed by atoms with E-state index in [9.17, 15) is 19.7 Å². The molecule has 0 heterocycles. The molecule has 0 radical (unpaired) electrons. The Morgan fingerprint density at radius 1 is 1.05 bits per heavy atom. The van der Waals surface area contributed by atoms with Gasteiger partial charge in [-0.05, 0) is 18.2 Å². The number of nitrogens with zero attached hydrogens (tertiary/aromatic N) is 1. The normalized spacial score (nSPS) is 9.86. The molecule has 2 amide bonds. The molecule has 112 valence electrons. The number of hydrogen-bond donors (Lipinski definition) is 3. The van der Waals surface area contributed by atoms with Crippen LogP contribution in [0.2, 0.25) is 0 Å². The third-order valence-electron chi connectivity index (χ3n) is 2.87. The number of nitrogen functional groups attached to an aromatic ring is 1. The van der Waals surface area contributed by atoms with E-state index in [4.69, 9.17) is 5.84 Å². The Hall–Kier alpha value is -3.26. The molecule has 0 spiro atoms. The van der Waals surface area contributed by atoms with Gasteiger partial charge in [-0.1, -0.05) is 18.2 Å². The highest BCUT2D eigenvalue weighted by Crippen LogP contribution is 2.18. The van der Waals surface area contributed by atoms with Crippen LogP contribution in [-0.2, 0) is 0 Å². The van der Waals surface area contributed by atoms with Crippen LogP contribution in [0.5, 0.6) is 0 Å². The highest BCUT2D eigenvalue weighted by molar-refractivity contribution is 6.09. The summed E-state index contributed by atoms with van der Waals surface area (Å²) < 4.78 is 0. The quantitative estimate of drug-likeness (QED) is 0.341. The summed E-state index contributed by atoms with van der Waals surface area (Å²) in [4.78, 5) is 33.9. The molecule has 22 heavy (non-hydrogen) atoms. The zero-order valence-electron chi connectivity index (χ0n) is 11.3. The fourth-order valence-corrected chi connectivity index (χ4v) is 1.82. The number of benzene rings is 2. The van der Waals surface area contributed by atoms with Crippen LogP contribution in [0.1, 0.15) is 20.7 Å². The molecule has 8 heteroatoms. The number of anilines is 1. The van der Waals surface area contributed by atoms with Gasteiger partial charge in [0, 0.05) is 17.7 Å². The zero-order valence-corrected chi connectivity index (χ0v) is 11.3. The van der Waals surface area contributed by atoms with Crippen LogP contribution in [-0.4, -0.2) is 16.7 Å². The summed E-state index contributed by atoms with van der Waals surface area (Å²) in [5.74, 6) is 3.95. The Morgan fingerprint density at radius 2 is 1.77 bits per heavy atom. The highest BCUT2D eigenvalue weighted by Gasteiger charge is 2.15. The van der Waals surface area contributed by atoms with Crippen LogP contribution in [0, 0.1) is 10.1 Å². The number of para-hydroxylation sites is 1. The monoisotopic (exact) mass is 300 g/mol. The van der Waals surface area contributed by atoms with Gasteiger partial charge >= 0.3 is 0 Å². The molecule has 2 aromatic carbocycles. The topological polar surface area (TPSA) is 127 Å². The van der Waals surface area contributed by atoms with E-state index in [2.05, 4.69) is 5.32 Å². The molecule has 0 aliphatic heterocycles. The number of carbonyl (C=O) groups is 2. The molecule has 2 rings (SSSR count). The van der Waals surface area contributed by atoms with Crippen molar-refractivity contribution < 1.29 is 14.5 Å². The molecule has 0 fully saturated rings. The van der Waals surface area contributed by atoms with Crippen molar-refractivity contribution in [1.29, 1.82) is 0 Å². The van der Waals surface area contributed by atoms with Gasteiger partial charge in [0.2, 0.25) is 0 Å². The SMILES string of the molecule is NNC(=O)c1ccccc1NC(=O)c1cccc([N+](=O)[O-])c1. The Labute approximate surface area is 125 Å². The summed E-state index contributed by atoms with van der Waals surface area (Å²) in [5.41, 5.74) is 2.33. The lowest BCUT2D eigenvalue weighted by Crippen LogP contribution is -2.31. The van der Waals surface area contributed by atoms with E-state index in [1.807, 2.05) is 5.43 Å². The summed E-state index contributed by atoms with van der Waals surface area (Å²) in [6, 6.07) is 11.6. The van der Waals surface area contributed by atoms with Crippen molar-refractivity contribution in [3.63, 3.8) is 0 Å². The fraction of sp³-hybridized carbons (Fsp3) is 0. The third-order valence-corrected chi connectivity index (χ3v) is 2.87. The van der Waals surface area contributed by atoms with Crippen molar-refractivity contribution in [3.8, 4) is 0 Å². The number of rotatable bonds is 4. The Morgan fingerprint density at radius 3 is 2.45 bits per heavy atom. The van der Waals surface area contributed by atoms with Crippen molar-refractivity contribution >= 4 is 23.2 Å². The van der Waals surface area contributed by atoms with Gasteiger partial charge in [-0.15, -0.1) is 0 Å². The Kier molecular flexibility index (Phi) is 4.44. The van der Waals surface area contributed by atoms with Crippen LogP contribution in [0.3, 0.4) is 0 Å². The third kappa shape index (κ3) is 3.25. The lowest BCUT2D eigenvalue weighted by Gasteiger charge is -2.09. The zero-order chi connectivity index (χ0) is 16.1. The van der Waals surface area contributed by atoms with Crippen molar-refractivity contribution in [3.05, 3.63) is 69.8 Å². The minimum atomic E-state index is -0.591. The molecule has 0 aromatic heterocycles. The molecule has 0 saturated carbocycles. The molecular formula is C14H12N4O4. The minimum Gasteiger partial charge on any atom is -0.321 e. The van der Waals surface area contributed by atoms with Crippen LogP contribution >= 0.6 is 0 Å². The van der Waals surface area contributed by atoms with Crippen LogP contribution in [0.4, 0.5) is 11.4 Å². The van der Waals surface area contributed by atoms with Gasteiger partial charge in [0.05, 0.1) is 16.2 Å². The second kappa shape index (κ2) is 6.46. The molecule has 4 N–H and O–H groups in total.